The third-order valence-corrected chi connectivity index (χ3v) is 4.19. The van der Waals surface area contributed by atoms with Crippen LogP contribution >= 0.6 is 11.6 Å². The van der Waals surface area contributed by atoms with Crippen LogP contribution in [0.4, 0.5) is 13.6 Å². The Kier molecular flexibility index (Phi) is 6.42. The summed E-state index contributed by atoms with van der Waals surface area (Å²) in [6.45, 7) is -0.277. The van der Waals surface area contributed by atoms with Crippen molar-refractivity contribution in [2.75, 3.05) is 7.11 Å². The van der Waals surface area contributed by atoms with E-state index < -0.39 is 23.6 Å². The van der Waals surface area contributed by atoms with Gasteiger partial charge in [-0.1, -0.05) is 23.7 Å². The van der Waals surface area contributed by atoms with E-state index in [1.165, 1.54) is 37.6 Å². The van der Waals surface area contributed by atoms with E-state index in [2.05, 4.69) is 26.3 Å². The molecule has 9 nitrogen and oxygen atoms in total. The molecule has 3 N–H and O–H groups in total. The van der Waals surface area contributed by atoms with Gasteiger partial charge in [0.1, 0.15) is 11.6 Å². The first kappa shape index (κ1) is 21.0. The predicted molar refractivity (Wildman–Crippen MR) is 100 cm³/mol. The van der Waals surface area contributed by atoms with E-state index >= 15 is 0 Å². The van der Waals surface area contributed by atoms with Crippen molar-refractivity contribution in [1.82, 2.24) is 26.3 Å². The molecular weight excluding hydrogens is 424 g/mol. The van der Waals surface area contributed by atoms with Crippen LogP contribution in [0.3, 0.4) is 0 Å². The summed E-state index contributed by atoms with van der Waals surface area (Å²) in [5.41, 5.74) is 4.62. The van der Waals surface area contributed by atoms with Crippen molar-refractivity contribution in [1.29, 1.82) is 0 Å². The van der Waals surface area contributed by atoms with Crippen molar-refractivity contribution >= 4 is 23.5 Å². The molecule has 2 aromatic heterocycles. The highest BCUT2D eigenvalue weighted by molar-refractivity contribution is 6.33. The number of hydrogen-bond acceptors (Lipinski definition) is 6. The Bertz CT molecular complexity index is 1090. The fourth-order valence-corrected chi connectivity index (χ4v) is 2.55. The maximum absolute atomic E-state index is 14.3. The average Bonchev–Trinajstić information content (AvgIpc) is 3.22. The Morgan fingerprint density at radius 1 is 1.20 bits per heavy atom. The summed E-state index contributed by atoms with van der Waals surface area (Å²) in [7, 11) is 1.34. The van der Waals surface area contributed by atoms with E-state index in [0.717, 1.165) is 6.07 Å². The van der Waals surface area contributed by atoms with E-state index in [9.17, 15) is 18.4 Å². The van der Waals surface area contributed by atoms with Crippen LogP contribution in [0.15, 0.2) is 41.1 Å². The molecule has 2 heterocycles. The molecule has 3 rings (SSSR count). The molecule has 0 unspecified atom stereocenters. The third-order valence-electron chi connectivity index (χ3n) is 3.81. The molecule has 3 aromatic rings. The van der Waals surface area contributed by atoms with E-state index in [1.54, 1.807) is 0 Å². The molecule has 0 aliphatic carbocycles. The van der Waals surface area contributed by atoms with Crippen LogP contribution < -0.4 is 20.9 Å². The minimum atomic E-state index is -0.826. The van der Waals surface area contributed by atoms with Crippen LogP contribution in [0.25, 0.3) is 11.1 Å². The summed E-state index contributed by atoms with van der Waals surface area (Å²) in [5.74, 6) is -2.24. The maximum Gasteiger partial charge on any atom is 0.333 e. The lowest BCUT2D eigenvalue weighted by Crippen LogP contribution is -2.46. The Hall–Kier alpha value is -3.73. The van der Waals surface area contributed by atoms with Gasteiger partial charge in [0.05, 0.1) is 30.4 Å². The monoisotopic (exact) mass is 437 g/mol. The number of pyridine rings is 1. The van der Waals surface area contributed by atoms with Gasteiger partial charge >= 0.3 is 11.9 Å². The lowest BCUT2D eigenvalue weighted by atomic mass is 10.1. The molecule has 0 spiro atoms. The van der Waals surface area contributed by atoms with Gasteiger partial charge in [-0.25, -0.2) is 19.0 Å². The molecular formula is C18H14ClF2N5O4. The number of methoxy groups -OCH3 is 1. The highest BCUT2D eigenvalue weighted by Crippen LogP contribution is 2.30. The van der Waals surface area contributed by atoms with E-state index in [-0.39, 0.29) is 40.0 Å². The van der Waals surface area contributed by atoms with Gasteiger partial charge in [-0.2, -0.15) is 0 Å². The van der Waals surface area contributed by atoms with Gasteiger partial charge in [0.25, 0.3) is 5.88 Å². The van der Waals surface area contributed by atoms with Gasteiger partial charge in [-0.3, -0.25) is 15.2 Å². The van der Waals surface area contributed by atoms with Gasteiger partial charge in [0.2, 0.25) is 5.76 Å². The molecule has 0 radical (unpaired) electrons. The number of nitrogens with one attached hydrogen (secondary N) is 3. The van der Waals surface area contributed by atoms with Crippen LogP contribution in [-0.4, -0.2) is 29.2 Å². The summed E-state index contributed by atoms with van der Waals surface area (Å²) in [6.07, 6.45) is 1.30. The third kappa shape index (κ3) is 4.81. The number of urea groups is 1. The van der Waals surface area contributed by atoms with E-state index in [0.29, 0.717) is 0 Å². The Balaban J connectivity index is 1.55. The van der Waals surface area contributed by atoms with Gasteiger partial charge in [0.15, 0.2) is 0 Å². The summed E-state index contributed by atoms with van der Waals surface area (Å²) in [4.78, 5) is 27.5. The molecule has 0 atom stereocenters. The van der Waals surface area contributed by atoms with Crippen molar-refractivity contribution in [2.24, 2.45) is 0 Å². The minimum Gasteiger partial charge on any atom is -0.479 e. The molecule has 0 aliphatic rings. The zero-order chi connectivity index (χ0) is 21.7. The van der Waals surface area contributed by atoms with Gasteiger partial charge in [0, 0.05) is 17.3 Å². The summed E-state index contributed by atoms with van der Waals surface area (Å²) in [5, 5.41) is 5.61. The fourth-order valence-electron chi connectivity index (χ4n) is 2.32. The van der Waals surface area contributed by atoms with Gasteiger partial charge in [-0.15, -0.1) is 0 Å². The number of benzene rings is 1. The number of rotatable bonds is 5. The summed E-state index contributed by atoms with van der Waals surface area (Å²) < 4.78 is 37.4. The average molecular weight is 438 g/mol. The second-order valence-electron chi connectivity index (χ2n) is 5.75. The lowest BCUT2D eigenvalue weighted by Gasteiger charge is -2.10. The number of amides is 3. The molecule has 3 amide bonds. The molecule has 0 bridgehead atoms. The van der Waals surface area contributed by atoms with E-state index in [4.69, 9.17) is 20.9 Å². The highest BCUT2D eigenvalue weighted by atomic mass is 35.5. The van der Waals surface area contributed by atoms with Gasteiger partial charge < -0.3 is 14.6 Å². The first-order valence-electron chi connectivity index (χ1n) is 8.32. The Morgan fingerprint density at radius 2 is 2.00 bits per heavy atom. The molecule has 0 saturated heterocycles. The smallest absolute Gasteiger partial charge is 0.333 e. The number of carbonyl (C=O) groups is 2. The first-order valence-corrected chi connectivity index (χ1v) is 8.70. The van der Waals surface area contributed by atoms with Crippen LogP contribution in [0.2, 0.25) is 5.02 Å². The zero-order valence-corrected chi connectivity index (χ0v) is 16.1. The topological polar surface area (TPSA) is 118 Å². The van der Waals surface area contributed by atoms with Gasteiger partial charge in [-0.05, 0) is 17.3 Å². The molecule has 30 heavy (non-hydrogen) atoms. The summed E-state index contributed by atoms with van der Waals surface area (Å²) >= 11 is 5.89. The zero-order valence-electron chi connectivity index (χ0n) is 15.3. The Labute approximate surface area is 173 Å². The molecule has 1 aromatic carbocycles. The number of carbonyl (C=O) groups excluding carboxylic acids is 2. The predicted octanol–water partition coefficient (Wildman–Crippen LogP) is 2.82. The largest absolute Gasteiger partial charge is 0.479 e. The number of aromatic nitrogens is 2. The number of hydrogen-bond donors (Lipinski definition) is 3. The van der Waals surface area contributed by atoms with Crippen molar-refractivity contribution in [2.45, 2.75) is 6.54 Å². The Morgan fingerprint density at radius 3 is 2.70 bits per heavy atom. The normalized spacial score (nSPS) is 10.4. The molecule has 0 saturated carbocycles. The highest BCUT2D eigenvalue weighted by Gasteiger charge is 2.15. The van der Waals surface area contributed by atoms with Crippen molar-refractivity contribution in [3.05, 3.63) is 64.6 Å². The van der Waals surface area contributed by atoms with Crippen molar-refractivity contribution < 1.29 is 27.6 Å². The number of halogens is 3. The standard InChI is InChI=1S/C18H14ClF2N5O4/c1-29-15-6-14(30-26-15)17(27)24-25-18(28)23-8-13-12(21)5-9(7-22-13)10-3-2-4-11(20)16(10)19/h2-7H,8H2,1H3,(H,24,27)(H2,23,25,28). The SMILES string of the molecule is COc1cc(C(=O)NNC(=O)NCc2ncc(-c3cccc(F)c3Cl)cc2F)on1. The van der Waals surface area contributed by atoms with Crippen molar-refractivity contribution in [3.63, 3.8) is 0 Å². The van der Waals surface area contributed by atoms with Crippen LogP contribution in [-0.2, 0) is 6.54 Å². The molecule has 0 fully saturated rings. The molecule has 0 aliphatic heterocycles. The lowest BCUT2D eigenvalue weighted by molar-refractivity contribution is 0.0898. The number of hydrazine groups is 1. The second-order valence-corrected chi connectivity index (χ2v) is 6.13. The molecule has 156 valence electrons. The minimum absolute atomic E-state index is 0.0762. The second kappa shape index (κ2) is 9.18. The van der Waals surface area contributed by atoms with E-state index in [1.807, 2.05) is 0 Å². The van der Waals surface area contributed by atoms with Crippen molar-refractivity contribution in [3.8, 4) is 17.0 Å². The number of ether oxygens (including phenoxy) is 1. The van der Waals surface area contributed by atoms with Crippen LogP contribution in [0.1, 0.15) is 16.2 Å². The van der Waals surface area contributed by atoms with Crippen LogP contribution in [0.5, 0.6) is 5.88 Å². The molecule has 12 heteroatoms. The quantitative estimate of drug-likeness (QED) is 0.528. The summed E-state index contributed by atoms with van der Waals surface area (Å²) in [6, 6.07) is 5.68. The first-order chi connectivity index (χ1) is 14.4. The van der Waals surface area contributed by atoms with Crippen LogP contribution in [0, 0.1) is 11.6 Å². The fraction of sp³-hybridized carbons (Fsp3) is 0.111. The maximum atomic E-state index is 14.3. The number of nitrogens with zero attached hydrogens (tertiary/aromatic N) is 2.